The summed E-state index contributed by atoms with van der Waals surface area (Å²) >= 11 is 0. The van der Waals surface area contributed by atoms with Crippen LogP contribution in [0.1, 0.15) is 35.8 Å². The van der Waals surface area contributed by atoms with Crippen molar-refractivity contribution in [3.63, 3.8) is 0 Å². The molecule has 6 nitrogen and oxygen atoms in total. The number of hydrogen-bond donors (Lipinski definition) is 1. The molecule has 3 rings (SSSR count). The summed E-state index contributed by atoms with van der Waals surface area (Å²) in [7, 11) is 0. The summed E-state index contributed by atoms with van der Waals surface area (Å²) in [6, 6.07) is 4.39. The fourth-order valence-electron chi connectivity index (χ4n) is 2.98. The number of aromatic nitrogens is 2. The van der Waals surface area contributed by atoms with Gasteiger partial charge in [0.25, 0.3) is 5.91 Å². The first-order chi connectivity index (χ1) is 12.1. The number of nitrogens with zero attached hydrogens (tertiary/aromatic N) is 3. The predicted octanol–water partition coefficient (Wildman–Crippen LogP) is 2.37. The Morgan fingerprint density at radius 1 is 1.40 bits per heavy atom. The Balaban J connectivity index is 1.79. The van der Waals surface area contributed by atoms with Gasteiger partial charge in [-0.2, -0.15) is 5.10 Å². The lowest BCUT2D eigenvalue weighted by Gasteiger charge is -2.32. The van der Waals surface area contributed by atoms with E-state index in [4.69, 9.17) is 4.74 Å². The lowest BCUT2D eigenvalue weighted by atomic mass is 10.0. The third-order valence-electron chi connectivity index (χ3n) is 4.37. The first kappa shape index (κ1) is 17.4. The average Bonchev–Trinajstić information content (AvgIpc) is 3.11. The normalized spacial score (nSPS) is 15.9. The van der Waals surface area contributed by atoms with Gasteiger partial charge in [0.1, 0.15) is 5.82 Å². The Hall–Kier alpha value is -2.41. The summed E-state index contributed by atoms with van der Waals surface area (Å²) in [5, 5.41) is 7.05. The number of halogens is 1. The molecule has 1 amide bonds. The van der Waals surface area contributed by atoms with Crippen LogP contribution >= 0.6 is 0 Å². The highest BCUT2D eigenvalue weighted by atomic mass is 19.1. The molecule has 0 bridgehead atoms. The van der Waals surface area contributed by atoms with Crippen LogP contribution in [-0.4, -0.2) is 42.0 Å². The van der Waals surface area contributed by atoms with Gasteiger partial charge in [-0.3, -0.25) is 9.48 Å². The number of ether oxygens (including phenoxy) is 1. The van der Waals surface area contributed by atoms with Crippen LogP contribution in [0, 0.1) is 5.82 Å². The monoisotopic (exact) mass is 346 g/mol. The van der Waals surface area contributed by atoms with Crippen molar-refractivity contribution in [3.05, 3.63) is 47.5 Å². The zero-order valence-electron chi connectivity index (χ0n) is 14.5. The molecule has 25 heavy (non-hydrogen) atoms. The molecule has 7 heteroatoms. The highest BCUT2D eigenvalue weighted by molar-refractivity contribution is 5.94. The third kappa shape index (κ3) is 3.99. The van der Waals surface area contributed by atoms with E-state index in [1.165, 1.54) is 12.1 Å². The molecule has 2 aromatic rings. The predicted molar refractivity (Wildman–Crippen MR) is 93.2 cm³/mol. The van der Waals surface area contributed by atoms with Crippen molar-refractivity contribution in [2.75, 3.05) is 31.2 Å². The molecule has 134 valence electrons. The number of carbonyl (C=O) groups is 1. The SMILES string of the molecule is CCn1cc(C(=O)NC(C)c2cc(F)ccc2N2CCOCC2)cn1. The van der Waals surface area contributed by atoms with Gasteiger partial charge in [-0.25, -0.2) is 4.39 Å². The van der Waals surface area contributed by atoms with Crippen LogP contribution in [0.25, 0.3) is 0 Å². The number of hydrogen-bond acceptors (Lipinski definition) is 4. The maximum Gasteiger partial charge on any atom is 0.254 e. The van der Waals surface area contributed by atoms with Gasteiger partial charge >= 0.3 is 0 Å². The minimum absolute atomic E-state index is 0.218. The fraction of sp³-hybridized carbons (Fsp3) is 0.444. The Kier molecular flexibility index (Phi) is 5.33. The first-order valence-electron chi connectivity index (χ1n) is 8.54. The van der Waals surface area contributed by atoms with Crippen molar-refractivity contribution >= 4 is 11.6 Å². The smallest absolute Gasteiger partial charge is 0.254 e. The second kappa shape index (κ2) is 7.65. The molecular weight excluding hydrogens is 323 g/mol. The zero-order valence-corrected chi connectivity index (χ0v) is 14.5. The van der Waals surface area contributed by atoms with Crippen LogP contribution in [0.2, 0.25) is 0 Å². The lowest BCUT2D eigenvalue weighted by molar-refractivity contribution is 0.0939. The van der Waals surface area contributed by atoms with Gasteiger partial charge in [-0.05, 0) is 32.0 Å². The van der Waals surface area contributed by atoms with Crippen LogP contribution in [0.4, 0.5) is 10.1 Å². The molecule has 1 saturated heterocycles. The molecule has 0 radical (unpaired) electrons. The van der Waals surface area contributed by atoms with Crippen LogP contribution in [-0.2, 0) is 11.3 Å². The van der Waals surface area contributed by atoms with Gasteiger partial charge in [0.2, 0.25) is 0 Å². The molecule has 1 aromatic heterocycles. The second-order valence-corrected chi connectivity index (χ2v) is 6.08. The van der Waals surface area contributed by atoms with Crippen LogP contribution in [0.3, 0.4) is 0 Å². The third-order valence-corrected chi connectivity index (χ3v) is 4.37. The van der Waals surface area contributed by atoms with Crippen molar-refractivity contribution in [3.8, 4) is 0 Å². The molecule has 2 heterocycles. The van der Waals surface area contributed by atoms with E-state index in [1.54, 1.807) is 23.1 Å². The summed E-state index contributed by atoms with van der Waals surface area (Å²) in [5.41, 5.74) is 2.19. The van der Waals surface area contributed by atoms with E-state index in [2.05, 4.69) is 15.3 Å². The Morgan fingerprint density at radius 3 is 2.84 bits per heavy atom. The van der Waals surface area contributed by atoms with Crippen molar-refractivity contribution in [2.45, 2.75) is 26.4 Å². The number of amides is 1. The van der Waals surface area contributed by atoms with E-state index >= 15 is 0 Å². The van der Waals surface area contributed by atoms with E-state index in [-0.39, 0.29) is 17.8 Å². The number of morpholine rings is 1. The number of aryl methyl sites for hydroxylation is 1. The van der Waals surface area contributed by atoms with Gasteiger partial charge in [-0.15, -0.1) is 0 Å². The number of anilines is 1. The molecular formula is C18H23FN4O2. The van der Waals surface area contributed by atoms with Crippen molar-refractivity contribution in [1.29, 1.82) is 0 Å². The Labute approximate surface area is 146 Å². The number of benzene rings is 1. The first-order valence-corrected chi connectivity index (χ1v) is 8.54. The second-order valence-electron chi connectivity index (χ2n) is 6.08. The van der Waals surface area contributed by atoms with E-state index < -0.39 is 0 Å². The fourth-order valence-corrected chi connectivity index (χ4v) is 2.98. The quantitative estimate of drug-likeness (QED) is 0.903. The van der Waals surface area contributed by atoms with Crippen molar-refractivity contribution in [1.82, 2.24) is 15.1 Å². The standard InChI is InChI=1S/C18H23FN4O2/c1-3-23-12-14(11-20-23)18(24)21-13(2)16-10-15(19)4-5-17(16)22-6-8-25-9-7-22/h4-5,10-13H,3,6-9H2,1-2H3,(H,21,24). The average molecular weight is 346 g/mol. The molecule has 1 unspecified atom stereocenters. The summed E-state index contributed by atoms with van der Waals surface area (Å²) in [4.78, 5) is 14.6. The highest BCUT2D eigenvalue weighted by Gasteiger charge is 2.21. The van der Waals surface area contributed by atoms with Gasteiger partial charge in [0.05, 0.1) is 31.0 Å². The van der Waals surface area contributed by atoms with Gasteiger partial charge < -0.3 is 15.0 Å². The summed E-state index contributed by atoms with van der Waals surface area (Å²) in [6.45, 7) is 7.32. The Morgan fingerprint density at radius 2 is 2.16 bits per heavy atom. The van der Waals surface area contributed by atoms with E-state index in [0.29, 0.717) is 25.3 Å². The molecule has 1 aliphatic heterocycles. The molecule has 0 saturated carbocycles. The Bertz CT molecular complexity index is 740. The number of carbonyl (C=O) groups excluding carboxylic acids is 1. The molecule has 1 fully saturated rings. The molecule has 0 spiro atoms. The summed E-state index contributed by atoms with van der Waals surface area (Å²) < 4.78 is 20.9. The highest BCUT2D eigenvalue weighted by Crippen LogP contribution is 2.28. The van der Waals surface area contributed by atoms with Crippen LogP contribution in [0.5, 0.6) is 0 Å². The maximum absolute atomic E-state index is 13.8. The van der Waals surface area contributed by atoms with Gasteiger partial charge in [0, 0.05) is 37.1 Å². The largest absolute Gasteiger partial charge is 0.378 e. The van der Waals surface area contributed by atoms with Crippen LogP contribution in [0.15, 0.2) is 30.6 Å². The molecule has 1 aliphatic rings. The van der Waals surface area contributed by atoms with Crippen LogP contribution < -0.4 is 10.2 Å². The minimum Gasteiger partial charge on any atom is -0.378 e. The maximum atomic E-state index is 13.8. The van der Waals surface area contributed by atoms with E-state index in [1.807, 2.05) is 13.8 Å². The topological polar surface area (TPSA) is 59.4 Å². The molecule has 1 N–H and O–H groups in total. The lowest BCUT2D eigenvalue weighted by Crippen LogP contribution is -2.37. The molecule has 1 aromatic carbocycles. The van der Waals surface area contributed by atoms with Crippen molar-refractivity contribution < 1.29 is 13.9 Å². The van der Waals surface area contributed by atoms with E-state index in [9.17, 15) is 9.18 Å². The minimum atomic E-state index is -0.328. The number of rotatable bonds is 5. The summed E-state index contributed by atoms with van der Waals surface area (Å²) in [6.07, 6.45) is 3.25. The molecule has 1 atom stereocenters. The molecule has 0 aliphatic carbocycles. The number of nitrogens with one attached hydrogen (secondary N) is 1. The van der Waals surface area contributed by atoms with E-state index in [0.717, 1.165) is 24.3 Å². The van der Waals surface area contributed by atoms with Crippen molar-refractivity contribution in [2.24, 2.45) is 0 Å². The van der Waals surface area contributed by atoms with Gasteiger partial charge in [0.15, 0.2) is 0 Å². The summed E-state index contributed by atoms with van der Waals surface area (Å²) in [5.74, 6) is -0.531. The zero-order chi connectivity index (χ0) is 17.8. The van der Waals surface area contributed by atoms with Gasteiger partial charge in [-0.1, -0.05) is 0 Å².